The molecule has 0 bridgehead atoms. The average molecular weight is 399 g/mol. The largest absolute Gasteiger partial charge is 0.495 e. The fourth-order valence-electron chi connectivity index (χ4n) is 3.22. The number of alkyl halides is 3. The third-order valence-electron chi connectivity index (χ3n) is 4.64. The van der Waals surface area contributed by atoms with Crippen molar-refractivity contribution in [3.8, 4) is 5.75 Å². The van der Waals surface area contributed by atoms with Crippen LogP contribution in [0, 0.1) is 0 Å². The van der Waals surface area contributed by atoms with E-state index in [-0.39, 0.29) is 22.8 Å². The van der Waals surface area contributed by atoms with Gasteiger partial charge in [0.2, 0.25) is 10.0 Å². The molecule has 3 rings (SSSR count). The molecule has 0 atom stereocenters. The van der Waals surface area contributed by atoms with Gasteiger partial charge in [0, 0.05) is 6.54 Å². The van der Waals surface area contributed by atoms with Crippen molar-refractivity contribution in [1.82, 2.24) is 4.72 Å². The van der Waals surface area contributed by atoms with Crippen molar-refractivity contribution in [3.63, 3.8) is 0 Å². The molecule has 0 heterocycles. The second kappa shape index (κ2) is 7.52. The van der Waals surface area contributed by atoms with Gasteiger partial charge in [-0.25, -0.2) is 13.1 Å². The number of rotatable bonds is 5. The van der Waals surface area contributed by atoms with Crippen LogP contribution < -0.4 is 9.46 Å². The highest BCUT2D eigenvalue weighted by Crippen LogP contribution is 2.32. The van der Waals surface area contributed by atoms with E-state index >= 15 is 0 Å². The fraction of sp³-hybridized carbons (Fsp3) is 0.368. The SMILES string of the molecule is COc1cc2c(cc1S(=O)(=O)NCc1cccc(C(F)(F)F)c1)CCCC2. The van der Waals surface area contributed by atoms with Crippen molar-refractivity contribution in [2.45, 2.75) is 43.3 Å². The summed E-state index contributed by atoms with van der Waals surface area (Å²) in [7, 11) is -2.54. The number of fused-ring (bicyclic) bond motifs is 1. The molecule has 0 amide bonds. The monoisotopic (exact) mass is 399 g/mol. The Morgan fingerprint density at radius 1 is 1.07 bits per heavy atom. The first kappa shape index (κ1) is 19.7. The number of sulfonamides is 1. The molecule has 8 heteroatoms. The van der Waals surface area contributed by atoms with Crippen LogP contribution in [-0.2, 0) is 35.6 Å². The van der Waals surface area contributed by atoms with Gasteiger partial charge in [0.25, 0.3) is 0 Å². The van der Waals surface area contributed by atoms with Crippen LogP contribution >= 0.6 is 0 Å². The van der Waals surface area contributed by atoms with Gasteiger partial charge in [-0.1, -0.05) is 18.2 Å². The minimum atomic E-state index is -4.48. The number of methoxy groups -OCH3 is 1. The molecule has 0 fully saturated rings. The molecule has 0 aromatic heterocycles. The van der Waals surface area contributed by atoms with Crippen molar-refractivity contribution in [3.05, 3.63) is 58.7 Å². The van der Waals surface area contributed by atoms with E-state index in [2.05, 4.69) is 4.72 Å². The Balaban J connectivity index is 1.85. The summed E-state index contributed by atoms with van der Waals surface area (Å²) in [5, 5.41) is 0. The molecule has 0 saturated carbocycles. The second-order valence-electron chi connectivity index (χ2n) is 6.50. The van der Waals surface area contributed by atoms with E-state index in [1.54, 1.807) is 12.1 Å². The molecule has 0 radical (unpaired) electrons. The number of hydrogen-bond acceptors (Lipinski definition) is 3. The number of nitrogens with one attached hydrogen (secondary N) is 1. The third kappa shape index (κ3) is 4.44. The van der Waals surface area contributed by atoms with E-state index in [1.165, 1.54) is 19.2 Å². The predicted molar refractivity (Wildman–Crippen MR) is 95.1 cm³/mol. The fourth-order valence-corrected chi connectivity index (χ4v) is 4.44. The molecule has 4 nitrogen and oxygen atoms in total. The first-order chi connectivity index (χ1) is 12.7. The van der Waals surface area contributed by atoms with Crippen LogP contribution in [0.2, 0.25) is 0 Å². The first-order valence-electron chi connectivity index (χ1n) is 8.56. The van der Waals surface area contributed by atoms with Crippen molar-refractivity contribution >= 4 is 10.0 Å². The Morgan fingerprint density at radius 3 is 2.37 bits per heavy atom. The Morgan fingerprint density at radius 2 is 1.74 bits per heavy atom. The van der Waals surface area contributed by atoms with Gasteiger partial charge in [0.05, 0.1) is 12.7 Å². The van der Waals surface area contributed by atoms with Crippen LogP contribution in [0.1, 0.15) is 35.1 Å². The molecular formula is C19H20F3NO3S. The second-order valence-corrected chi connectivity index (χ2v) is 8.24. The molecule has 27 heavy (non-hydrogen) atoms. The number of aryl methyl sites for hydroxylation is 2. The molecule has 1 aliphatic carbocycles. The van der Waals surface area contributed by atoms with Gasteiger partial charge >= 0.3 is 6.18 Å². The van der Waals surface area contributed by atoms with Crippen molar-refractivity contribution in [2.75, 3.05) is 7.11 Å². The van der Waals surface area contributed by atoms with Crippen LogP contribution in [0.25, 0.3) is 0 Å². The average Bonchev–Trinajstić information content (AvgIpc) is 2.65. The molecule has 2 aromatic rings. The number of halogens is 3. The number of benzene rings is 2. The van der Waals surface area contributed by atoms with E-state index in [0.29, 0.717) is 0 Å². The standard InChI is InChI=1S/C19H20F3NO3S/c1-26-17-10-14-6-2-3-7-15(14)11-18(17)27(24,25)23-12-13-5-4-8-16(9-13)19(20,21)22/h4-5,8-11,23H,2-3,6-7,12H2,1H3. The zero-order chi connectivity index (χ0) is 19.7. The van der Waals surface area contributed by atoms with Crippen molar-refractivity contribution in [1.29, 1.82) is 0 Å². The van der Waals surface area contributed by atoms with Crippen LogP contribution in [0.5, 0.6) is 5.75 Å². The summed E-state index contributed by atoms with van der Waals surface area (Å²) < 4.78 is 71.5. The molecule has 0 unspecified atom stereocenters. The van der Waals surface area contributed by atoms with Crippen molar-refractivity contribution < 1.29 is 26.3 Å². The topological polar surface area (TPSA) is 55.4 Å². The van der Waals surface area contributed by atoms with E-state index in [0.717, 1.165) is 48.9 Å². The van der Waals surface area contributed by atoms with E-state index < -0.39 is 21.8 Å². The Labute approximate surface area is 156 Å². The van der Waals surface area contributed by atoms with Crippen LogP contribution in [-0.4, -0.2) is 15.5 Å². The lowest BCUT2D eigenvalue weighted by Gasteiger charge is -2.19. The summed E-state index contributed by atoms with van der Waals surface area (Å²) in [6.45, 7) is -0.244. The molecule has 0 spiro atoms. The zero-order valence-corrected chi connectivity index (χ0v) is 15.6. The third-order valence-corrected chi connectivity index (χ3v) is 6.06. The summed E-state index contributed by atoms with van der Waals surface area (Å²) in [5.41, 5.74) is 1.47. The lowest BCUT2D eigenvalue weighted by molar-refractivity contribution is -0.137. The maximum Gasteiger partial charge on any atom is 0.416 e. The van der Waals surface area contributed by atoms with Gasteiger partial charge in [-0.2, -0.15) is 13.2 Å². The van der Waals surface area contributed by atoms with Gasteiger partial charge in [0.1, 0.15) is 10.6 Å². The van der Waals surface area contributed by atoms with Crippen LogP contribution in [0.3, 0.4) is 0 Å². The minimum Gasteiger partial charge on any atom is -0.495 e. The van der Waals surface area contributed by atoms with Gasteiger partial charge in [-0.3, -0.25) is 0 Å². The summed E-state index contributed by atoms with van der Waals surface area (Å²) in [5.74, 6) is 0.243. The summed E-state index contributed by atoms with van der Waals surface area (Å²) in [6, 6.07) is 7.94. The summed E-state index contributed by atoms with van der Waals surface area (Å²) in [4.78, 5) is 0.0117. The molecule has 1 N–H and O–H groups in total. The number of ether oxygens (including phenoxy) is 1. The quantitative estimate of drug-likeness (QED) is 0.825. The maximum atomic E-state index is 12.8. The molecule has 2 aromatic carbocycles. The van der Waals surface area contributed by atoms with Gasteiger partial charge in [-0.15, -0.1) is 0 Å². The van der Waals surface area contributed by atoms with Crippen LogP contribution in [0.15, 0.2) is 41.3 Å². The molecule has 0 saturated heterocycles. The van der Waals surface area contributed by atoms with Gasteiger partial charge in [-0.05, 0) is 60.6 Å². The number of hydrogen-bond donors (Lipinski definition) is 1. The van der Waals surface area contributed by atoms with Gasteiger partial charge in [0.15, 0.2) is 0 Å². The molecular weight excluding hydrogens is 379 g/mol. The minimum absolute atomic E-state index is 0.0117. The Bertz CT molecular complexity index is 940. The Hall–Kier alpha value is -2.06. The summed E-state index contributed by atoms with van der Waals surface area (Å²) in [6.07, 6.45) is -0.748. The molecule has 146 valence electrons. The van der Waals surface area contributed by atoms with Gasteiger partial charge < -0.3 is 4.74 Å². The van der Waals surface area contributed by atoms with Crippen LogP contribution in [0.4, 0.5) is 13.2 Å². The van der Waals surface area contributed by atoms with E-state index in [9.17, 15) is 21.6 Å². The maximum absolute atomic E-state index is 12.8. The Kier molecular flexibility index (Phi) is 5.48. The predicted octanol–water partition coefficient (Wildman–Crippen LogP) is 4.07. The van der Waals surface area contributed by atoms with E-state index in [1.807, 2.05) is 0 Å². The highest BCUT2D eigenvalue weighted by Gasteiger charge is 2.30. The molecule has 1 aliphatic rings. The molecule has 0 aliphatic heterocycles. The normalized spacial score (nSPS) is 14.7. The highest BCUT2D eigenvalue weighted by molar-refractivity contribution is 7.89. The highest BCUT2D eigenvalue weighted by atomic mass is 32.2. The lowest BCUT2D eigenvalue weighted by Crippen LogP contribution is -2.24. The van der Waals surface area contributed by atoms with Crippen molar-refractivity contribution in [2.24, 2.45) is 0 Å². The summed E-state index contributed by atoms with van der Waals surface area (Å²) >= 11 is 0. The lowest BCUT2D eigenvalue weighted by atomic mass is 9.92. The zero-order valence-electron chi connectivity index (χ0n) is 14.8. The smallest absolute Gasteiger partial charge is 0.416 e. The first-order valence-corrected chi connectivity index (χ1v) is 10.0. The van der Waals surface area contributed by atoms with E-state index in [4.69, 9.17) is 4.74 Å².